The molecule has 0 spiro atoms. The van der Waals surface area contributed by atoms with Crippen molar-refractivity contribution in [3.05, 3.63) is 0 Å². The van der Waals surface area contributed by atoms with E-state index in [-0.39, 0.29) is 12.3 Å². The molecule has 3 amide bonds. The van der Waals surface area contributed by atoms with E-state index in [1.54, 1.807) is 13.8 Å². The molecule has 4 unspecified atom stereocenters. The van der Waals surface area contributed by atoms with Gasteiger partial charge in [-0.1, -0.05) is 13.8 Å². The Morgan fingerprint density at radius 3 is 1.33 bits per heavy atom. The molecule has 0 aromatic carbocycles. The molecule has 0 saturated carbocycles. The number of carbonyl (C=O) groups excluding carboxylic acids is 3. The van der Waals surface area contributed by atoms with Crippen LogP contribution in [0, 0.1) is 5.92 Å². The molecule has 4 atom stereocenters. The van der Waals surface area contributed by atoms with Gasteiger partial charge >= 0.3 is 23.9 Å². The zero-order chi connectivity index (χ0) is 25.9. The average molecular weight is 476 g/mol. The third kappa shape index (κ3) is 12.0. The molecule has 0 aromatic heterocycles. The Labute approximate surface area is 187 Å². The first-order valence-corrected chi connectivity index (χ1v) is 9.68. The lowest BCUT2D eigenvalue weighted by atomic mass is 10.0. The third-order valence-electron chi connectivity index (χ3n) is 4.08. The Morgan fingerprint density at radius 1 is 0.636 bits per heavy atom. The highest BCUT2D eigenvalue weighted by Crippen LogP contribution is 2.07. The summed E-state index contributed by atoms with van der Waals surface area (Å²) in [5, 5.41) is 42.0. The number of hydrogen-bond donors (Lipinski definition) is 8. The topological polar surface area (TPSA) is 263 Å². The summed E-state index contributed by atoms with van der Waals surface area (Å²) in [5.74, 6) is -9.64. The maximum absolute atomic E-state index is 12.5. The molecule has 0 heterocycles. The molecule has 0 bridgehead atoms. The lowest BCUT2D eigenvalue weighted by molar-refractivity contribution is -0.145. The Morgan fingerprint density at radius 2 is 1.00 bits per heavy atom. The number of hydrogen-bond acceptors (Lipinski definition) is 8. The SMILES string of the molecule is CC(C)CC(NC(=O)C(CC(=O)O)NC(=O)C(CC(=O)O)NC(=O)C(N)CC(=O)O)C(=O)O. The van der Waals surface area contributed by atoms with Crippen LogP contribution in [0.4, 0.5) is 0 Å². The van der Waals surface area contributed by atoms with Crippen molar-refractivity contribution in [1.29, 1.82) is 0 Å². The zero-order valence-electron chi connectivity index (χ0n) is 17.9. The van der Waals surface area contributed by atoms with Crippen LogP contribution in [-0.2, 0) is 33.6 Å². The molecule has 186 valence electrons. The van der Waals surface area contributed by atoms with Gasteiger partial charge in [0.2, 0.25) is 17.7 Å². The van der Waals surface area contributed by atoms with E-state index < -0.39 is 85.0 Å². The lowest BCUT2D eigenvalue weighted by Crippen LogP contribution is -2.58. The van der Waals surface area contributed by atoms with Gasteiger partial charge in [0.05, 0.1) is 25.3 Å². The molecular formula is C18H28N4O11. The van der Waals surface area contributed by atoms with Gasteiger partial charge in [0.25, 0.3) is 0 Å². The summed E-state index contributed by atoms with van der Waals surface area (Å²) in [5.41, 5.74) is 5.37. The van der Waals surface area contributed by atoms with Gasteiger partial charge in [0.1, 0.15) is 18.1 Å². The van der Waals surface area contributed by atoms with Crippen LogP contribution in [0.1, 0.15) is 39.5 Å². The minimum atomic E-state index is -1.83. The summed E-state index contributed by atoms with van der Waals surface area (Å²) in [6.45, 7) is 3.37. The fourth-order valence-corrected chi connectivity index (χ4v) is 2.56. The van der Waals surface area contributed by atoms with Gasteiger partial charge in [-0.15, -0.1) is 0 Å². The second kappa shape index (κ2) is 13.6. The molecule has 0 aliphatic carbocycles. The maximum atomic E-state index is 12.5. The van der Waals surface area contributed by atoms with E-state index in [0.717, 1.165) is 0 Å². The number of carboxylic acids is 4. The number of rotatable bonds is 15. The van der Waals surface area contributed by atoms with Crippen molar-refractivity contribution < 1.29 is 54.0 Å². The minimum absolute atomic E-state index is 0.00791. The standard InChI is InChI=1S/C18H28N4O11/c1-7(2)3-11(18(32)33)22-17(31)10(6-14(27)28)21-16(30)9(5-13(25)26)20-15(29)8(19)4-12(23)24/h7-11H,3-6,19H2,1-2H3,(H,20,29)(H,21,30)(H,22,31)(H,23,24)(H,25,26)(H,27,28)(H,32,33). The molecule has 0 saturated heterocycles. The van der Waals surface area contributed by atoms with E-state index in [4.69, 9.17) is 21.1 Å². The van der Waals surface area contributed by atoms with E-state index in [2.05, 4.69) is 5.32 Å². The number of aliphatic carboxylic acids is 4. The van der Waals surface area contributed by atoms with Crippen LogP contribution in [-0.4, -0.2) is 86.2 Å². The summed E-state index contributed by atoms with van der Waals surface area (Å²) >= 11 is 0. The predicted octanol–water partition coefficient (Wildman–Crippen LogP) is -2.68. The second-order valence-corrected chi connectivity index (χ2v) is 7.55. The van der Waals surface area contributed by atoms with Crippen LogP contribution in [0.15, 0.2) is 0 Å². The Kier molecular flexibility index (Phi) is 12.1. The molecule has 15 nitrogen and oxygen atoms in total. The van der Waals surface area contributed by atoms with Crippen molar-refractivity contribution in [2.24, 2.45) is 11.7 Å². The Bertz CT molecular complexity index is 783. The Balaban J connectivity index is 5.56. The van der Waals surface area contributed by atoms with Gasteiger partial charge in [0, 0.05) is 0 Å². The molecule has 0 radical (unpaired) electrons. The van der Waals surface area contributed by atoms with Crippen LogP contribution in [0.2, 0.25) is 0 Å². The summed E-state index contributed by atoms with van der Waals surface area (Å²) in [6, 6.07) is -6.62. The van der Waals surface area contributed by atoms with Crippen LogP contribution < -0.4 is 21.7 Å². The fraction of sp³-hybridized carbons (Fsp3) is 0.611. The minimum Gasteiger partial charge on any atom is -0.481 e. The van der Waals surface area contributed by atoms with Crippen LogP contribution >= 0.6 is 0 Å². The molecule has 9 N–H and O–H groups in total. The van der Waals surface area contributed by atoms with Gasteiger partial charge in [-0.3, -0.25) is 28.8 Å². The molecule has 15 heteroatoms. The van der Waals surface area contributed by atoms with Gasteiger partial charge in [0.15, 0.2) is 0 Å². The first kappa shape index (κ1) is 29.2. The summed E-state index contributed by atoms with van der Waals surface area (Å²) in [6.07, 6.45) is -2.78. The van der Waals surface area contributed by atoms with Crippen LogP contribution in [0.3, 0.4) is 0 Å². The highest BCUT2D eigenvalue weighted by Gasteiger charge is 2.33. The predicted molar refractivity (Wildman–Crippen MR) is 108 cm³/mol. The van der Waals surface area contributed by atoms with E-state index >= 15 is 0 Å². The third-order valence-corrected chi connectivity index (χ3v) is 4.08. The average Bonchev–Trinajstić information content (AvgIpc) is 2.64. The lowest BCUT2D eigenvalue weighted by Gasteiger charge is -2.24. The van der Waals surface area contributed by atoms with Crippen molar-refractivity contribution >= 4 is 41.6 Å². The molecular weight excluding hydrogens is 448 g/mol. The number of nitrogens with two attached hydrogens (primary N) is 1. The molecule has 0 aliphatic heterocycles. The molecule has 33 heavy (non-hydrogen) atoms. The van der Waals surface area contributed by atoms with Crippen molar-refractivity contribution in [3.63, 3.8) is 0 Å². The van der Waals surface area contributed by atoms with Gasteiger partial charge in [-0.2, -0.15) is 0 Å². The highest BCUT2D eigenvalue weighted by molar-refractivity contribution is 5.97. The highest BCUT2D eigenvalue weighted by atomic mass is 16.4. The second-order valence-electron chi connectivity index (χ2n) is 7.55. The number of amides is 3. The molecule has 0 aromatic rings. The van der Waals surface area contributed by atoms with Crippen molar-refractivity contribution in [3.8, 4) is 0 Å². The van der Waals surface area contributed by atoms with E-state index in [1.807, 2.05) is 10.6 Å². The first-order chi connectivity index (χ1) is 15.1. The maximum Gasteiger partial charge on any atom is 0.326 e. The smallest absolute Gasteiger partial charge is 0.326 e. The largest absolute Gasteiger partial charge is 0.481 e. The normalized spacial score (nSPS) is 14.3. The van der Waals surface area contributed by atoms with Crippen molar-refractivity contribution in [1.82, 2.24) is 16.0 Å². The van der Waals surface area contributed by atoms with E-state index in [9.17, 15) is 38.7 Å². The van der Waals surface area contributed by atoms with E-state index in [1.165, 1.54) is 0 Å². The fourth-order valence-electron chi connectivity index (χ4n) is 2.56. The summed E-state index contributed by atoms with van der Waals surface area (Å²) in [7, 11) is 0. The van der Waals surface area contributed by atoms with Crippen molar-refractivity contribution in [2.45, 2.75) is 63.7 Å². The quantitative estimate of drug-likeness (QED) is 0.120. The van der Waals surface area contributed by atoms with Crippen LogP contribution in [0.25, 0.3) is 0 Å². The molecule has 0 fully saturated rings. The van der Waals surface area contributed by atoms with Gasteiger partial charge < -0.3 is 42.1 Å². The van der Waals surface area contributed by atoms with Gasteiger partial charge in [-0.05, 0) is 12.3 Å². The zero-order valence-corrected chi connectivity index (χ0v) is 17.9. The summed E-state index contributed by atoms with van der Waals surface area (Å²) < 4.78 is 0. The van der Waals surface area contributed by atoms with Crippen LogP contribution in [0.5, 0.6) is 0 Å². The Hall–Kier alpha value is -3.75. The number of carbonyl (C=O) groups is 7. The molecule has 0 aliphatic rings. The van der Waals surface area contributed by atoms with Crippen molar-refractivity contribution in [2.75, 3.05) is 0 Å². The first-order valence-electron chi connectivity index (χ1n) is 9.68. The number of nitrogens with one attached hydrogen (secondary N) is 3. The summed E-state index contributed by atoms with van der Waals surface area (Å²) in [4.78, 5) is 81.2. The van der Waals surface area contributed by atoms with Gasteiger partial charge in [-0.25, -0.2) is 4.79 Å². The number of carboxylic acid groups (broad SMARTS) is 4. The van der Waals surface area contributed by atoms with E-state index in [0.29, 0.717) is 0 Å². The molecule has 0 rings (SSSR count). The monoisotopic (exact) mass is 476 g/mol.